The number of rotatable bonds is 5. The first-order valence-corrected chi connectivity index (χ1v) is 7.26. The van der Waals surface area contributed by atoms with Crippen molar-refractivity contribution in [3.05, 3.63) is 35.4 Å². The van der Waals surface area contributed by atoms with Crippen LogP contribution in [0, 0.1) is 0 Å². The number of likely N-dealkylation sites (tertiary alicyclic amines) is 1. The fraction of sp³-hybridized carbons (Fsp3) is 0.467. The van der Waals surface area contributed by atoms with Crippen LogP contribution in [0.3, 0.4) is 0 Å². The Morgan fingerprint density at radius 3 is 2.71 bits per heavy atom. The van der Waals surface area contributed by atoms with Gasteiger partial charge in [-0.25, -0.2) is 0 Å². The maximum absolute atomic E-state index is 12.0. The number of hydrogen-bond acceptors (Lipinski definition) is 4. The molecule has 1 fully saturated rings. The highest BCUT2D eigenvalue weighted by atomic mass is 16.4. The average Bonchev–Trinajstić information content (AvgIpc) is 2.55. The van der Waals surface area contributed by atoms with Crippen molar-refractivity contribution in [2.45, 2.75) is 25.8 Å². The first-order valence-electron chi connectivity index (χ1n) is 7.26. The van der Waals surface area contributed by atoms with E-state index in [1.54, 1.807) is 6.07 Å². The Hall–Kier alpha value is -2.08. The molecule has 1 amide bonds. The predicted octanol–water partition coefficient (Wildman–Crippen LogP) is 0.883. The zero-order valence-electron chi connectivity index (χ0n) is 12.1. The predicted molar refractivity (Wildman–Crippen MR) is 81.1 cm³/mol. The number of nitrogens with two attached hydrogens (primary N) is 1. The Balaban J connectivity index is 1.87. The third-order valence-corrected chi connectivity index (χ3v) is 3.70. The van der Waals surface area contributed by atoms with Crippen molar-refractivity contribution in [1.82, 2.24) is 10.2 Å². The van der Waals surface area contributed by atoms with E-state index in [-0.39, 0.29) is 11.7 Å². The summed E-state index contributed by atoms with van der Waals surface area (Å²) in [6.07, 6.45) is 3.40. The molecule has 0 unspecified atom stereocenters. The highest BCUT2D eigenvalue weighted by Crippen LogP contribution is 2.10. The van der Waals surface area contributed by atoms with Crippen LogP contribution in [0.4, 0.5) is 0 Å². The van der Waals surface area contributed by atoms with E-state index in [1.807, 2.05) is 23.1 Å². The van der Waals surface area contributed by atoms with Crippen LogP contribution < -0.4 is 11.1 Å². The lowest BCUT2D eigenvalue weighted by atomic mass is 10.1. The molecule has 114 valence electrons. The van der Waals surface area contributed by atoms with E-state index in [0.29, 0.717) is 18.7 Å². The second-order valence-corrected chi connectivity index (χ2v) is 5.19. The van der Waals surface area contributed by atoms with Gasteiger partial charge in [0.15, 0.2) is 5.84 Å². The van der Waals surface area contributed by atoms with Gasteiger partial charge in [0, 0.05) is 25.2 Å². The van der Waals surface area contributed by atoms with Gasteiger partial charge >= 0.3 is 0 Å². The minimum atomic E-state index is 0.0785. The van der Waals surface area contributed by atoms with Gasteiger partial charge in [0.2, 0.25) is 5.91 Å². The third-order valence-electron chi connectivity index (χ3n) is 3.70. The molecule has 1 aliphatic rings. The van der Waals surface area contributed by atoms with E-state index in [0.717, 1.165) is 31.5 Å². The molecule has 0 saturated carbocycles. The first-order chi connectivity index (χ1) is 10.2. The fourth-order valence-corrected chi connectivity index (χ4v) is 2.54. The molecular weight excluding hydrogens is 268 g/mol. The van der Waals surface area contributed by atoms with Gasteiger partial charge in [0.1, 0.15) is 0 Å². The smallest absolute Gasteiger partial charge is 0.236 e. The van der Waals surface area contributed by atoms with Crippen LogP contribution in [0.15, 0.2) is 29.4 Å². The Morgan fingerprint density at radius 1 is 1.29 bits per heavy atom. The summed E-state index contributed by atoms with van der Waals surface area (Å²) in [5, 5.41) is 14.9. The number of nitrogens with zero attached hydrogens (tertiary/aromatic N) is 2. The van der Waals surface area contributed by atoms with E-state index in [9.17, 15) is 4.79 Å². The highest BCUT2D eigenvalue weighted by Gasteiger charge is 2.16. The van der Waals surface area contributed by atoms with E-state index >= 15 is 0 Å². The van der Waals surface area contributed by atoms with Gasteiger partial charge in [0.25, 0.3) is 0 Å². The first kappa shape index (κ1) is 15.3. The van der Waals surface area contributed by atoms with Gasteiger partial charge in [-0.2, -0.15) is 0 Å². The molecule has 2 rings (SSSR count). The second-order valence-electron chi connectivity index (χ2n) is 5.19. The number of benzene rings is 1. The summed E-state index contributed by atoms with van der Waals surface area (Å²) >= 11 is 0. The molecule has 0 aliphatic carbocycles. The van der Waals surface area contributed by atoms with E-state index in [4.69, 9.17) is 10.9 Å². The van der Waals surface area contributed by atoms with Gasteiger partial charge in [-0.05, 0) is 24.8 Å². The molecule has 1 aromatic carbocycles. The van der Waals surface area contributed by atoms with Crippen molar-refractivity contribution in [1.29, 1.82) is 0 Å². The lowest BCUT2D eigenvalue weighted by Gasteiger charge is -2.26. The molecule has 1 saturated heterocycles. The number of oxime groups is 1. The van der Waals surface area contributed by atoms with Crippen molar-refractivity contribution in [3.63, 3.8) is 0 Å². The summed E-state index contributed by atoms with van der Waals surface area (Å²) in [7, 11) is 0. The molecule has 1 aromatic rings. The Labute approximate surface area is 124 Å². The van der Waals surface area contributed by atoms with Crippen LogP contribution in [-0.2, 0) is 11.3 Å². The van der Waals surface area contributed by atoms with Crippen LogP contribution in [0.25, 0.3) is 0 Å². The van der Waals surface area contributed by atoms with Crippen molar-refractivity contribution in [2.24, 2.45) is 10.9 Å². The van der Waals surface area contributed by atoms with Gasteiger partial charge in [-0.3, -0.25) is 4.79 Å². The molecule has 6 nitrogen and oxygen atoms in total. The second kappa shape index (κ2) is 7.64. The van der Waals surface area contributed by atoms with E-state index in [1.165, 1.54) is 6.42 Å². The number of carbonyl (C=O) groups is 1. The minimum Gasteiger partial charge on any atom is -0.409 e. The lowest BCUT2D eigenvalue weighted by molar-refractivity contribution is -0.131. The van der Waals surface area contributed by atoms with Gasteiger partial charge in [-0.1, -0.05) is 29.4 Å². The topological polar surface area (TPSA) is 91.0 Å². The molecule has 0 aromatic heterocycles. The van der Waals surface area contributed by atoms with Crippen LogP contribution in [0.2, 0.25) is 0 Å². The summed E-state index contributed by atoms with van der Waals surface area (Å²) in [6.45, 7) is 2.54. The quantitative estimate of drug-likeness (QED) is 0.325. The number of amides is 1. The Bertz CT molecular complexity index is 510. The fourth-order valence-electron chi connectivity index (χ4n) is 2.54. The standard InChI is InChI=1S/C15H22N4O2/c16-15(18-21)13-7-3-2-6-12(13)10-17-11-14(20)19-8-4-1-5-9-19/h2-3,6-7,17,21H,1,4-5,8-11H2,(H2,16,18). The van der Waals surface area contributed by atoms with Gasteiger partial charge < -0.3 is 21.2 Å². The number of hydrogen-bond donors (Lipinski definition) is 3. The summed E-state index contributed by atoms with van der Waals surface area (Å²) < 4.78 is 0. The molecule has 21 heavy (non-hydrogen) atoms. The van der Waals surface area contributed by atoms with Crippen molar-refractivity contribution in [3.8, 4) is 0 Å². The Kier molecular flexibility index (Phi) is 5.57. The summed E-state index contributed by atoms with van der Waals surface area (Å²) in [5.41, 5.74) is 7.22. The average molecular weight is 290 g/mol. The van der Waals surface area contributed by atoms with Crippen LogP contribution in [0.5, 0.6) is 0 Å². The molecule has 6 heteroatoms. The van der Waals surface area contributed by atoms with E-state index < -0.39 is 0 Å². The normalized spacial score (nSPS) is 16.0. The zero-order valence-corrected chi connectivity index (χ0v) is 12.1. The molecule has 0 spiro atoms. The van der Waals surface area contributed by atoms with Crippen LogP contribution in [0.1, 0.15) is 30.4 Å². The number of carbonyl (C=O) groups excluding carboxylic acids is 1. The monoisotopic (exact) mass is 290 g/mol. The minimum absolute atomic E-state index is 0.0785. The Morgan fingerprint density at radius 2 is 2.00 bits per heavy atom. The molecular formula is C15H22N4O2. The molecule has 0 radical (unpaired) electrons. The summed E-state index contributed by atoms with van der Waals surface area (Å²) in [6, 6.07) is 7.40. The molecule has 1 heterocycles. The molecule has 4 N–H and O–H groups in total. The van der Waals surface area contributed by atoms with Crippen molar-refractivity contribution in [2.75, 3.05) is 19.6 Å². The molecule has 0 atom stereocenters. The highest BCUT2D eigenvalue weighted by molar-refractivity contribution is 5.98. The largest absolute Gasteiger partial charge is 0.409 e. The number of amidine groups is 1. The maximum Gasteiger partial charge on any atom is 0.236 e. The maximum atomic E-state index is 12.0. The van der Waals surface area contributed by atoms with Crippen LogP contribution >= 0.6 is 0 Å². The number of nitrogens with one attached hydrogen (secondary N) is 1. The molecule has 0 bridgehead atoms. The summed E-state index contributed by atoms with van der Waals surface area (Å²) in [5.74, 6) is 0.214. The van der Waals surface area contributed by atoms with Crippen molar-refractivity contribution >= 4 is 11.7 Å². The van der Waals surface area contributed by atoms with Gasteiger partial charge in [0.05, 0.1) is 6.54 Å². The third kappa shape index (κ3) is 4.19. The number of piperidine rings is 1. The zero-order chi connectivity index (χ0) is 15.1. The SMILES string of the molecule is N/C(=N/O)c1ccccc1CNCC(=O)N1CCCCC1. The van der Waals surface area contributed by atoms with E-state index in [2.05, 4.69) is 10.5 Å². The lowest BCUT2D eigenvalue weighted by Crippen LogP contribution is -2.41. The summed E-state index contributed by atoms with van der Waals surface area (Å²) in [4.78, 5) is 13.9. The van der Waals surface area contributed by atoms with Crippen molar-refractivity contribution < 1.29 is 10.0 Å². The van der Waals surface area contributed by atoms with Gasteiger partial charge in [-0.15, -0.1) is 0 Å². The molecule has 1 aliphatic heterocycles. The van der Waals surface area contributed by atoms with Crippen LogP contribution in [-0.4, -0.2) is 41.5 Å².